The fourth-order valence-corrected chi connectivity index (χ4v) is 0.488. The molecule has 0 aliphatic heterocycles. The van der Waals surface area contributed by atoms with Crippen LogP contribution in [0.25, 0.3) is 0 Å². The zero-order valence-electron chi connectivity index (χ0n) is 7.73. The van der Waals surface area contributed by atoms with E-state index < -0.39 is 0 Å². The fourth-order valence-electron chi connectivity index (χ4n) is 0.488. The Bertz CT molecular complexity index is 127. The Kier molecular flexibility index (Phi) is 4.11. The average molecular weight is 159 g/mol. The maximum Gasteiger partial charge on any atom is 0.243 e. The number of nitrogens with one attached hydrogen (secondary N) is 1. The summed E-state index contributed by atoms with van der Waals surface area (Å²) in [6.45, 7) is 7.62. The van der Waals surface area contributed by atoms with Crippen molar-refractivity contribution in [1.82, 2.24) is 5.48 Å². The van der Waals surface area contributed by atoms with Gasteiger partial charge in [-0.05, 0) is 27.2 Å². The van der Waals surface area contributed by atoms with Crippen molar-refractivity contribution in [2.24, 2.45) is 0 Å². The molecule has 0 aliphatic rings. The lowest BCUT2D eigenvalue weighted by Gasteiger charge is -2.18. The number of hydrogen-bond acceptors (Lipinski definition) is 2. The SMILES string of the molecule is CCCC(=O)NOC(C)(C)C. The van der Waals surface area contributed by atoms with Crippen LogP contribution in [-0.4, -0.2) is 11.5 Å². The number of carbonyl (C=O) groups excluding carboxylic acids is 1. The van der Waals surface area contributed by atoms with Crippen molar-refractivity contribution in [1.29, 1.82) is 0 Å². The first-order valence-corrected chi connectivity index (χ1v) is 3.92. The second kappa shape index (κ2) is 4.34. The number of carbonyl (C=O) groups is 1. The van der Waals surface area contributed by atoms with E-state index >= 15 is 0 Å². The Balaban J connectivity index is 3.46. The summed E-state index contributed by atoms with van der Waals surface area (Å²) in [6, 6.07) is 0. The van der Waals surface area contributed by atoms with Gasteiger partial charge < -0.3 is 0 Å². The molecule has 0 unspecified atom stereocenters. The number of amides is 1. The van der Waals surface area contributed by atoms with E-state index in [9.17, 15) is 4.79 Å². The molecule has 0 bridgehead atoms. The minimum atomic E-state index is -0.302. The van der Waals surface area contributed by atoms with E-state index in [0.717, 1.165) is 6.42 Å². The van der Waals surface area contributed by atoms with Crippen LogP contribution in [0.1, 0.15) is 40.5 Å². The van der Waals surface area contributed by atoms with Crippen molar-refractivity contribution in [3.05, 3.63) is 0 Å². The summed E-state index contributed by atoms with van der Waals surface area (Å²) in [5, 5.41) is 0. The molecule has 11 heavy (non-hydrogen) atoms. The molecule has 1 amide bonds. The van der Waals surface area contributed by atoms with Gasteiger partial charge in [-0.1, -0.05) is 6.92 Å². The topological polar surface area (TPSA) is 38.3 Å². The normalized spacial score (nSPS) is 11.3. The molecule has 0 radical (unpaired) electrons. The molecule has 0 rings (SSSR count). The van der Waals surface area contributed by atoms with Gasteiger partial charge in [-0.15, -0.1) is 0 Å². The van der Waals surface area contributed by atoms with Gasteiger partial charge in [0.25, 0.3) is 0 Å². The van der Waals surface area contributed by atoms with Crippen LogP contribution in [0, 0.1) is 0 Å². The van der Waals surface area contributed by atoms with Crippen LogP contribution < -0.4 is 5.48 Å². The lowest BCUT2D eigenvalue weighted by molar-refractivity contribution is -0.145. The van der Waals surface area contributed by atoms with Gasteiger partial charge in [-0.3, -0.25) is 9.63 Å². The zero-order valence-corrected chi connectivity index (χ0v) is 7.73. The predicted molar refractivity (Wildman–Crippen MR) is 43.9 cm³/mol. The van der Waals surface area contributed by atoms with Crippen LogP contribution in [-0.2, 0) is 9.63 Å². The Morgan fingerprint density at radius 1 is 1.45 bits per heavy atom. The van der Waals surface area contributed by atoms with Crippen LogP contribution in [0.3, 0.4) is 0 Å². The van der Waals surface area contributed by atoms with E-state index in [4.69, 9.17) is 4.84 Å². The van der Waals surface area contributed by atoms with Gasteiger partial charge in [0.1, 0.15) is 0 Å². The molecule has 0 aromatic heterocycles. The third-order valence-corrected chi connectivity index (χ3v) is 0.948. The van der Waals surface area contributed by atoms with E-state index in [1.807, 2.05) is 27.7 Å². The highest BCUT2D eigenvalue weighted by atomic mass is 16.7. The lowest BCUT2D eigenvalue weighted by Crippen LogP contribution is -2.33. The molecule has 0 atom stereocenters. The third-order valence-electron chi connectivity index (χ3n) is 0.948. The standard InChI is InChI=1S/C8H17NO2/c1-5-6-7(10)9-11-8(2,3)4/h5-6H2,1-4H3,(H,9,10). The highest BCUT2D eigenvalue weighted by Gasteiger charge is 2.11. The van der Waals surface area contributed by atoms with Gasteiger partial charge in [0.2, 0.25) is 5.91 Å². The molecule has 0 aromatic carbocycles. The second-order valence-electron chi connectivity index (χ2n) is 3.49. The van der Waals surface area contributed by atoms with Gasteiger partial charge in [0.15, 0.2) is 0 Å². The molecule has 3 nitrogen and oxygen atoms in total. The Morgan fingerprint density at radius 3 is 2.36 bits per heavy atom. The van der Waals surface area contributed by atoms with Crippen molar-refractivity contribution >= 4 is 5.91 Å². The molecule has 0 saturated heterocycles. The molecule has 0 aliphatic carbocycles. The van der Waals surface area contributed by atoms with E-state index in [-0.39, 0.29) is 11.5 Å². The van der Waals surface area contributed by atoms with Crippen LogP contribution >= 0.6 is 0 Å². The van der Waals surface area contributed by atoms with Gasteiger partial charge in [-0.25, -0.2) is 5.48 Å². The van der Waals surface area contributed by atoms with Crippen molar-refractivity contribution in [2.75, 3.05) is 0 Å². The van der Waals surface area contributed by atoms with Gasteiger partial charge in [-0.2, -0.15) is 0 Å². The maximum atomic E-state index is 10.9. The van der Waals surface area contributed by atoms with Crippen LogP contribution in [0.15, 0.2) is 0 Å². The number of hydrogen-bond donors (Lipinski definition) is 1. The van der Waals surface area contributed by atoms with Crippen LogP contribution in [0.4, 0.5) is 0 Å². The molecule has 66 valence electrons. The van der Waals surface area contributed by atoms with E-state index in [1.54, 1.807) is 0 Å². The zero-order chi connectivity index (χ0) is 8.91. The summed E-state index contributed by atoms with van der Waals surface area (Å²) in [7, 11) is 0. The Morgan fingerprint density at radius 2 is 2.00 bits per heavy atom. The second-order valence-corrected chi connectivity index (χ2v) is 3.49. The molecule has 0 aromatic rings. The van der Waals surface area contributed by atoms with Crippen molar-refractivity contribution in [3.8, 4) is 0 Å². The highest BCUT2D eigenvalue weighted by molar-refractivity contribution is 5.74. The molecule has 0 spiro atoms. The van der Waals surface area contributed by atoms with Crippen molar-refractivity contribution in [2.45, 2.75) is 46.1 Å². The molecule has 0 saturated carbocycles. The molecule has 1 N–H and O–H groups in total. The van der Waals surface area contributed by atoms with E-state index in [0.29, 0.717) is 6.42 Å². The first-order valence-electron chi connectivity index (χ1n) is 3.92. The first kappa shape index (κ1) is 10.4. The molecular formula is C8H17NO2. The highest BCUT2D eigenvalue weighted by Crippen LogP contribution is 2.03. The molecule has 0 fully saturated rings. The maximum absolute atomic E-state index is 10.9. The summed E-state index contributed by atoms with van der Waals surface area (Å²) in [5.41, 5.74) is 2.08. The van der Waals surface area contributed by atoms with Crippen LogP contribution in [0.2, 0.25) is 0 Å². The minimum Gasteiger partial charge on any atom is -0.273 e. The average Bonchev–Trinajstić information content (AvgIpc) is 1.83. The molecular weight excluding hydrogens is 142 g/mol. The lowest BCUT2D eigenvalue weighted by atomic mass is 10.2. The fraction of sp³-hybridized carbons (Fsp3) is 0.875. The Labute approximate surface area is 68.1 Å². The smallest absolute Gasteiger partial charge is 0.243 e. The van der Waals surface area contributed by atoms with Gasteiger partial charge >= 0.3 is 0 Å². The van der Waals surface area contributed by atoms with Gasteiger partial charge in [0.05, 0.1) is 5.60 Å². The van der Waals surface area contributed by atoms with E-state index in [2.05, 4.69) is 5.48 Å². The molecule has 3 heteroatoms. The quantitative estimate of drug-likeness (QED) is 0.636. The van der Waals surface area contributed by atoms with Crippen molar-refractivity contribution in [3.63, 3.8) is 0 Å². The van der Waals surface area contributed by atoms with Gasteiger partial charge in [0, 0.05) is 6.42 Å². The minimum absolute atomic E-state index is 0.0533. The summed E-state index contributed by atoms with van der Waals surface area (Å²) < 4.78 is 0. The summed E-state index contributed by atoms with van der Waals surface area (Å²) >= 11 is 0. The summed E-state index contributed by atoms with van der Waals surface area (Å²) in [5.74, 6) is -0.0533. The van der Waals surface area contributed by atoms with E-state index in [1.165, 1.54) is 0 Å². The number of hydroxylamine groups is 1. The predicted octanol–water partition coefficient (Wildman–Crippen LogP) is 1.63. The van der Waals surface area contributed by atoms with Crippen LogP contribution in [0.5, 0.6) is 0 Å². The third kappa shape index (κ3) is 7.33. The largest absolute Gasteiger partial charge is 0.273 e. The summed E-state index contributed by atoms with van der Waals surface area (Å²) in [6.07, 6.45) is 1.37. The molecule has 0 heterocycles. The summed E-state index contributed by atoms with van der Waals surface area (Å²) in [4.78, 5) is 15.9. The number of rotatable bonds is 3. The first-order chi connectivity index (χ1) is 4.95. The monoisotopic (exact) mass is 159 g/mol. The Hall–Kier alpha value is -0.570. The van der Waals surface area contributed by atoms with Crippen molar-refractivity contribution < 1.29 is 9.63 Å².